The summed E-state index contributed by atoms with van der Waals surface area (Å²) in [7, 11) is 0. The molecule has 1 aromatic heterocycles. The lowest BCUT2D eigenvalue weighted by atomic mass is 10.1. The van der Waals surface area contributed by atoms with Gasteiger partial charge in [-0.25, -0.2) is 0 Å². The van der Waals surface area contributed by atoms with Crippen molar-refractivity contribution in [3.05, 3.63) is 58.2 Å². The summed E-state index contributed by atoms with van der Waals surface area (Å²) < 4.78 is 5.79. The van der Waals surface area contributed by atoms with E-state index in [2.05, 4.69) is 18.7 Å². The molecule has 26 heavy (non-hydrogen) atoms. The minimum Gasteiger partial charge on any atom is -0.441 e. The van der Waals surface area contributed by atoms with E-state index in [1.807, 2.05) is 43.3 Å². The van der Waals surface area contributed by atoms with E-state index in [9.17, 15) is 9.59 Å². The van der Waals surface area contributed by atoms with Gasteiger partial charge in [0.1, 0.15) is 5.76 Å². The normalized spacial score (nSPS) is 16.0. The van der Waals surface area contributed by atoms with Crippen LogP contribution in [0.4, 0.5) is 10.7 Å². The molecule has 2 amide bonds. The van der Waals surface area contributed by atoms with Gasteiger partial charge in [-0.2, -0.15) is 0 Å². The molecule has 0 bridgehead atoms. The van der Waals surface area contributed by atoms with Crippen LogP contribution in [0.15, 0.2) is 45.7 Å². The molecular formula is C20H22N2O3S. The number of furan rings is 1. The maximum atomic E-state index is 12.6. The summed E-state index contributed by atoms with van der Waals surface area (Å²) >= 11 is 0.953. The molecule has 1 fully saturated rings. The van der Waals surface area contributed by atoms with E-state index in [-0.39, 0.29) is 17.7 Å². The van der Waals surface area contributed by atoms with E-state index in [0.717, 1.165) is 41.9 Å². The molecule has 0 atom stereocenters. The highest BCUT2D eigenvalue weighted by Crippen LogP contribution is 2.34. The fraction of sp³-hybridized carbons (Fsp3) is 0.300. The van der Waals surface area contributed by atoms with Crippen LogP contribution < -0.4 is 4.90 Å². The number of rotatable bonds is 6. The van der Waals surface area contributed by atoms with E-state index >= 15 is 0 Å². The van der Waals surface area contributed by atoms with Gasteiger partial charge in [0.25, 0.3) is 11.1 Å². The third-order valence-electron chi connectivity index (χ3n) is 4.30. The molecule has 1 saturated heterocycles. The summed E-state index contributed by atoms with van der Waals surface area (Å²) in [6.07, 6.45) is 1.65. The molecule has 0 saturated carbocycles. The Morgan fingerprint density at radius 2 is 1.77 bits per heavy atom. The second-order valence-electron chi connectivity index (χ2n) is 6.10. The van der Waals surface area contributed by atoms with Gasteiger partial charge in [0.2, 0.25) is 0 Å². The molecular weight excluding hydrogens is 348 g/mol. The van der Waals surface area contributed by atoms with Crippen molar-refractivity contribution in [1.29, 1.82) is 0 Å². The monoisotopic (exact) mass is 370 g/mol. The van der Waals surface area contributed by atoms with Crippen LogP contribution in [0.2, 0.25) is 0 Å². The number of carbonyl (C=O) groups is 2. The zero-order chi connectivity index (χ0) is 18.7. The van der Waals surface area contributed by atoms with Gasteiger partial charge >= 0.3 is 0 Å². The second kappa shape index (κ2) is 7.83. The summed E-state index contributed by atoms with van der Waals surface area (Å²) in [5, 5.41) is -0.252. The fourth-order valence-corrected chi connectivity index (χ4v) is 3.58. The van der Waals surface area contributed by atoms with Gasteiger partial charge in [0.05, 0.1) is 11.4 Å². The maximum Gasteiger partial charge on any atom is 0.293 e. The molecule has 0 radical (unpaired) electrons. The topological polar surface area (TPSA) is 53.8 Å². The predicted molar refractivity (Wildman–Crippen MR) is 105 cm³/mol. The zero-order valence-corrected chi connectivity index (χ0v) is 16.0. The first-order valence-corrected chi connectivity index (χ1v) is 9.49. The number of aryl methyl sites for hydroxylation is 1. The minimum absolute atomic E-state index is 0.252. The van der Waals surface area contributed by atoms with Crippen LogP contribution in [0.1, 0.15) is 30.7 Å². The average Bonchev–Trinajstić information content (AvgIpc) is 3.18. The van der Waals surface area contributed by atoms with E-state index in [1.165, 1.54) is 4.90 Å². The number of thioether (sulfide) groups is 1. The summed E-state index contributed by atoms with van der Waals surface area (Å²) in [6.45, 7) is 8.09. The second-order valence-corrected chi connectivity index (χ2v) is 7.09. The number of anilines is 1. The molecule has 2 aromatic rings. The molecule has 3 rings (SSSR count). The Morgan fingerprint density at radius 1 is 1.08 bits per heavy atom. The van der Waals surface area contributed by atoms with Crippen molar-refractivity contribution in [2.45, 2.75) is 27.3 Å². The smallest absolute Gasteiger partial charge is 0.293 e. The Morgan fingerprint density at radius 3 is 2.42 bits per heavy atom. The van der Waals surface area contributed by atoms with Gasteiger partial charge in [-0.3, -0.25) is 14.5 Å². The lowest BCUT2D eigenvalue weighted by molar-refractivity contribution is -0.123. The molecule has 0 N–H and O–H groups in total. The summed E-state index contributed by atoms with van der Waals surface area (Å²) in [6, 6.07) is 11.5. The maximum absolute atomic E-state index is 12.6. The fourth-order valence-electron chi connectivity index (χ4n) is 2.77. The molecule has 1 aliphatic rings. The highest BCUT2D eigenvalue weighted by Gasteiger charge is 2.35. The van der Waals surface area contributed by atoms with Gasteiger partial charge in [-0.1, -0.05) is 29.8 Å². The Kier molecular flexibility index (Phi) is 5.52. The van der Waals surface area contributed by atoms with Gasteiger partial charge in [-0.05, 0) is 44.2 Å². The molecule has 0 spiro atoms. The highest BCUT2D eigenvalue weighted by molar-refractivity contribution is 8.18. The Hall–Kier alpha value is -2.47. The van der Waals surface area contributed by atoms with E-state index in [4.69, 9.17) is 4.42 Å². The molecule has 2 heterocycles. The number of carbonyl (C=O) groups excluding carboxylic acids is 2. The number of nitrogens with zero attached hydrogens (tertiary/aromatic N) is 2. The number of hydrogen-bond donors (Lipinski definition) is 0. The molecule has 6 heteroatoms. The van der Waals surface area contributed by atoms with Crippen LogP contribution in [0.25, 0.3) is 6.08 Å². The minimum atomic E-state index is -0.277. The highest BCUT2D eigenvalue weighted by atomic mass is 32.2. The summed E-state index contributed by atoms with van der Waals surface area (Å²) in [5.41, 5.74) is 2.07. The number of imide groups is 1. The van der Waals surface area contributed by atoms with Crippen LogP contribution in [-0.2, 0) is 11.3 Å². The largest absolute Gasteiger partial charge is 0.441 e. The molecule has 136 valence electrons. The van der Waals surface area contributed by atoms with E-state index < -0.39 is 0 Å². The van der Waals surface area contributed by atoms with Crippen LogP contribution >= 0.6 is 11.8 Å². The van der Waals surface area contributed by atoms with Crippen LogP contribution in [0.5, 0.6) is 0 Å². The molecule has 5 nitrogen and oxygen atoms in total. The van der Waals surface area contributed by atoms with Crippen LogP contribution in [0, 0.1) is 6.92 Å². The van der Waals surface area contributed by atoms with Crippen molar-refractivity contribution in [1.82, 2.24) is 4.90 Å². The quantitative estimate of drug-likeness (QED) is 0.692. The SMILES string of the molecule is CCN(CC)c1ccc(/C=C2\SC(=O)N(Cc3ccc(C)cc3)C2=O)o1. The molecule has 0 aliphatic carbocycles. The first-order chi connectivity index (χ1) is 12.5. The van der Waals surface area contributed by atoms with Crippen molar-refractivity contribution in [2.24, 2.45) is 0 Å². The summed E-state index contributed by atoms with van der Waals surface area (Å²) in [5.74, 6) is 1.06. The van der Waals surface area contributed by atoms with Crippen molar-refractivity contribution < 1.29 is 14.0 Å². The average molecular weight is 370 g/mol. The lowest BCUT2D eigenvalue weighted by Gasteiger charge is -2.16. The lowest BCUT2D eigenvalue weighted by Crippen LogP contribution is -2.27. The number of hydrogen-bond acceptors (Lipinski definition) is 5. The first kappa shape index (κ1) is 18.3. The van der Waals surface area contributed by atoms with Crippen molar-refractivity contribution in [3.63, 3.8) is 0 Å². The predicted octanol–water partition coefficient (Wildman–Crippen LogP) is 4.67. The molecule has 0 unspecified atom stereocenters. The van der Waals surface area contributed by atoms with Crippen molar-refractivity contribution in [2.75, 3.05) is 18.0 Å². The third kappa shape index (κ3) is 3.85. The van der Waals surface area contributed by atoms with E-state index in [0.29, 0.717) is 10.7 Å². The van der Waals surface area contributed by atoms with Gasteiger partial charge in [0, 0.05) is 25.2 Å². The Bertz CT molecular complexity index is 835. The molecule has 1 aromatic carbocycles. The van der Waals surface area contributed by atoms with Crippen molar-refractivity contribution in [3.8, 4) is 0 Å². The Labute approximate surface area is 157 Å². The summed E-state index contributed by atoms with van der Waals surface area (Å²) in [4.78, 5) is 28.6. The Balaban J connectivity index is 1.75. The van der Waals surface area contributed by atoms with E-state index in [1.54, 1.807) is 6.08 Å². The van der Waals surface area contributed by atoms with Gasteiger partial charge in [0.15, 0.2) is 5.88 Å². The van der Waals surface area contributed by atoms with Crippen molar-refractivity contribution >= 4 is 34.9 Å². The van der Waals surface area contributed by atoms with Crippen LogP contribution in [-0.4, -0.2) is 29.1 Å². The first-order valence-electron chi connectivity index (χ1n) is 8.67. The van der Waals surface area contributed by atoms with Gasteiger partial charge in [-0.15, -0.1) is 0 Å². The number of benzene rings is 1. The van der Waals surface area contributed by atoms with Crippen LogP contribution in [0.3, 0.4) is 0 Å². The van der Waals surface area contributed by atoms with Gasteiger partial charge < -0.3 is 9.32 Å². The zero-order valence-electron chi connectivity index (χ0n) is 15.2. The molecule has 1 aliphatic heterocycles. The number of amides is 2. The standard InChI is InChI=1S/C20H22N2O3S/c1-4-21(5-2)18-11-10-16(25-18)12-17-19(23)22(20(24)26-17)13-15-8-6-14(3)7-9-15/h6-12H,4-5,13H2,1-3H3/b17-12-. The third-order valence-corrected chi connectivity index (χ3v) is 5.20.